The quantitative estimate of drug-likeness (QED) is 0.877. The molecule has 1 aromatic rings. The Morgan fingerprint density at radius 2 is 2.33 bits per heavy atom. The first-order valence-corrected chi connectivity index (χ1v) is 6.44. The van der Waals surface area contributed by atoms with Gasteiger partial charge in [-0.2, -0.15) is 0 Å². The number of ether oxygens (including phenoxy) is 1. The number of aliphatic hydroxyl groups is 2. The second kappa shape index (κ2) is 5.89. The van der Waals surface area contributed by atoms with Crippen molar-refractivity contribution in [1.29, 1.82) is 0 Å². The van der Waals surface area contributed by atoms with Gasteiger partial charge < -0.3 is 19.8 Å². The second-order valence-electron chi connectivity index (χ2n) is 4.51. The van der Waals surface area contributed by atoms with Gasteiger partial charge in [-0.1, -0.05) is 17.7 Å². The Kier molecular flexibility index (Phi) is 4.45. The van der Waals surface area contributed by atoms with Crippen LogP contribution in [0, 0.1) is 0 Å². The van der Waals surface area contributed by atoms with Crippen LogP contribution in [-0.4, -0.2) is 42.6 Å². The first kappa shape index (κ1) is 13.6. The molecule has 2 rings (SSSR count). The predicted molar refractivity (Wildman–Crippen MR) is 71.1 cm³/mol. The summed E-state index contributed by atoms with van der Waals surface area (Å²) in [5, 5.41) is 19.2. The Morgan fingerprint density at radius 1 is 1.56 bits per heavy atom. The summed E-state index contributed by atoms with van der Waals surface area (Å²) in [4.78, 5) is 2.10. The maximum atomic E-state index is 9.50. The molecular formula is C13H18ClNO3. The molecule has 1 saturated heterocycles. The van der Waals surface area contributed by atoms with E-state index in [1.54, 1.807) is 13.0 Å². The molecule has 0 aromatic heterocycles. The van der Waals surface area contributed by atoms with Crippen LogP contribution in [0.1, 0.15) is 18.6 Å². The van der Waals surface area contributed by atoms with E-state index in [1.165, 1.54) is 0 Å². The largest absolute Gasteiger partial charge is 0.394 e. The maximum Gasteiger partial charge on any atom is 0.0980 e. The van der Waals surface area contributed by atoms with Gasteiger partial charge in [0.1, 0.15) is 0 Å². The first-order chi connectivity index (χ1) is 8.61. The standard InChI is InChI=1S/C13H18ClNO3/c1-9(17)10-2-3-13(12(14)6-10)15-4-5-18-11(7-15)8-16/h2-3,6,9,11,16-17H,4-5,7-8H2,1H3. The minimum Gasteiger partial charge on any atom is -0.394 e. The number of rotatable bonds is 3. The topological polar surface area (TPSA) is 52.9 Å². The Morgan fingerprint density at radius 3 is 2.94 bits per heavy atom. The van der Waals surface area contributed by atoms with E-state index >= 15 is 0 Å². The molecule has 1 aromatic carbocycles. The molecule has 2 N–H and O–H groups in total. The summed E-state index contributed by atoms with van der Waals surface area (Å²) in [6.07, 6.45) is -0.683. The van der Waals surface area contributed by atoms with Crippen LogP contribution in [0.15, 0.2) is 18.2 Å². The number of halogens is 1. The molecule has 4 nitrogen and oxygen atoms in total. The van der Waals surface area contributed by atoms with E-state index in [-0.39, 0.29) is 12.7 Å². The molecule has 1 heterocycles. The van der Waals surface area contributed by atoms with Gasteiger partial charge in [-0.25, -0.2) is 0 Å². The van der Waals surface area contributed by atoms with E-state index < -0.39 is 6.10 Å². The van der Waals surface area contributed by atoms with Crippen molar-refractivity contribution in [1.82, 2.24) is 0 Å². The van der Waals surface area contributed by atoms with Crippen molar-refractivity contribution in [2.45, 2.75) is 19.1 Å². The summed E-state index contributed by atoms with van der Waals surface area (Å²) < 4.78 is 5.41. The highest BCUT2D eigenvalue weighted by molar-refractivity contribution is 6.33. The first-order valence-electron chi connectivity index (χ1n) is 6.06. The molecule has 0 radical (unpaired) electrons. The SMILES string of the molecule is CC(O)c1ccc(N2CCOC(CO)C2)c(Cl)c1. The van der Waals surface area contributed by atoms with Crippen LogP contribution >= 0.6 is 11.6 Å². The average Bonchev–Trinajstić information content (AvgIpc) is 2.38. The molecule has 2 atom stereocenters. The number of morpholine rings is 1. The molecule has 1 aliphatic rings. The molecule has 2 unspecified atom stereocenters. The Bertz CT molecular complexity index is 411. The average molecular weight is 272 g/mol. The molecule has 0 amide bonds. The molecule has 0 aliphatic carbocycles. The van der Waals surface area contributed by atoms with Gasteiger partial charge in [0.2, 0.25) is 0 Å². The summed E-state index contributed by atoms with van der Waals surface area (Å²) in [5.41, 5.74) is 1.72. The normalized spacial score (nSPS) is 22.0. The van der Waals surface area contributed by atoms with E-state index in [4.69, 9.17) is 21.4 Å². The molecule has 1 fully saturated rings. The lowest BCUT2D eigenvalue weighted by atomic mass is 10.1. The molecule has 100 valence electrons. The number of hydrogen-bond donors (Lipinski definition) is 2. The third kappa shape index (κ3) is 2.95. The highest BCUT2D eigenvalue weighted by Gasteiger charge is 2.21. The minimum atomic E-state index is -0.522. The smallest absolute Gasteiger partial charge is 0.0980 e. The summed E-state index contributed by atoms with van der Waals surface area (Å²) in [6, 6.07) is 5.56. The predicted octanol–water partition coefficient (Wildman–Crippen LogP) is 1.59. The van der Waals surface area contributed by atoms with E-state index in [1.807, 2.05) is 12.1 Å². The van der Waals surface area contributed by atoms with Crippen LogP contribution in [-0.2, 0) is 4.74 Å². The second-order valence-corrected chi connectivity index (χ2v) is 4.92. The van der Waals surface area contributed by atoms with Crippen molar-refractivity contribution >= 4 is 17.3 Å². The zero-order chi connectivity index (χ0) is 13.1. The molecule has 0 bridgehead atoms. The molecular weight excluding hydrogens is 254 g/mol. The van der Waals surface area contributed by atoms with E-state index in [2.05, 4.69) is 4.90 Å². The maximum absolute atomic E-state index is 9.50. The van der Waals surface area contributed by atoms with Gasteiger partial charge in [0.15, 0.2) is 0 Å². The van der Waals surface area contributed by atoms with Gasteiger partial charge in [-0.3, -0.25) is 0 Å². The van der Waals surface area contributed by atoms with Crippen LogP contribution in [0.25, 0.3) is 0 Å². The van der Waals surface area contributed by atoms with Crippen molar-refractivity contribution in [2.24, 2.45) is 0 Å². The summed E-state index contributed by atoms with van der Waals surface area (Å²) in [5.74, 6) is 0. The number of nitrogens with zero attached hydrogens (tertiary/aromatic N) is 1. The van der Waals surface area contributed by atoms with Gasteiger partial charge >= 0.3 is 0 Å². The summed E-state index contributed by atoms with van der Waals surface area (Å²) in [7, 11) is 0. The third-order valence-corrected chi connectivity index (χ3v) is 3.44. The molecule has 5 heteroatoms. The Hall–Kier alpha value is -0.810. The Labute approximate surface area is 112 Å². The summed E-state index contributed by atoms with van der Waals surface area (Å²) >= 11 is 6.24. The number of anilines is 1. The van der Waals surface area contributed by atoms with Gasteiger partial charge in [0.05, 0.1) is 36.1 Å². The van der Waals surface area contributed by atoms with Crippen LogP contribution in [0.4, 0.5) is 5.69 Å². The van der Waals surface area contributed by atoms with Crippen LogP contribution in [0.3, 0.4) is 0 Å². The van der Waals surface area contributed by atoms with E-state index in [0.717, 1.165) is 17.8 Å². The van der Waals surface area contributed by atoms with Gasteiger partial charge in [0, 0.05) is 13.1 Å². The van der Waals surface area contributed by atoms with Crippen molar-refractivity contribution in [3.8, 4) is 0 Å². The van der Waals surface area contributed by atoms with Gasteiger partial charge in [-0.05, 0) is 24.6 Å². The molecule has 1 aliphatic heterocycles. The van der Waals surface area contributed by atoms with Crippen molar-refractivity contribution in [3.05, 3.63) is 28.8 Å². The van der Waals surface area contributed by atoms with Crippen LogP contribution in [0.2, 0.25) is 5.02 Å². The molecule has 18 heavy (non-hydrogen) atoms. The van der Waals surface area contributed by atoms with Crippen molar-refractivity contribution < 1.29 is 14.9 Å². The number of aliphatic hydroxyl groups excluding tert-OH is 2. The lowest BCUT2D eigenvalue weighted by molar-refractivity contribution is 0.00357. The summed E-state index contributed by atoms with van der Waals surface area (Å²) in [6.45, 7) is 3.69. The third-order valence-electron chi connectivity index (χ3n) is 3.14. The fourth-order valence-corrected chi connectivity index (χ4v) is 2.40. The number of hydrogen-bond acceptors (Lipinski definition) is 4. The zero-order valence-corrected chi connectivity index (χ0v) is 11.1. The molecule has 0 spiro atoms. The minimum absolute atomic E-state index is 0.0138. The molecule has 0 saturated carbocycles. The fraction of sp³-hybridized carbons (Fsp3) is 0.538. The van der Waals surface area contributed by atoms with E-state index in [9.17, 15) is 5.11 Å². The van der Waals surface area contributed by atoms with E-state index in [0.29, 0.717) is 18.2 Å². The fourth-order valence-electron chi connectivity index (χ4n) is 2.09. The highest BCUT2D eigenvalue weighted by Crippen LogP contribution is 2.30. The zero-order valence-electron chi connectivity index (χ0n) is 10.3. The van der Waals surface area contributed by atoms with Crippen molar-refractivity contribution in [2.75, 3.05) is 31.2 Å². The Balaban J connectivity index is 2.17. The van der Waals surface area contributed by atoms with Gasteiger partial charge in [-0.15, -0.1) is 0 Å². The lowest BCUT2D eigenvalue weighted by Crippen LogP contribution is -2.44. The lowest BCUT2D eigenvalue weighted by Gasteiger charge is -2.34. The van der Waals surface area contributed by atoms with Gasteiger partial charge in [0.25, 0.3) is 0 Å². The van der Waals surface area contributed by atoms with Crippen LogP contribution < -0.4 is 4.90 Å². The van der Waals surface area contributed by atoms with Crippen LogP contribution in [0.5, 0.6) is 0 Å². The monoisotopic (exact) mass is 271 g/mol. The highest BCUT2D eigenvalue weighted by atomic mass is 35.5. The van der Waals surface area contributed by atoms with Crippen molar-refractivity contribution in [3.63, 3.8) is 0 Å². The number of benzene rings is 1.